The molecule has 1 unspecified atom stereocenters. The lowest BCUT2D eigenvalue weighted by Crippen LogP contribution is -2.41. The van der Waals surface area contributed by atoms with E-state index in [2.05, 4.69) is 21.3 Å². The molecule has 0 bridgehead atoms. The smallest absolute Gasteiger partial charge is 0.137 e. The van der Waals surface area contributed by atoms with Gasteiger partial charge in [0.2, 0.25) is 0 Å². The Hall–Kier alpha value is -1.29. The van der Waals surface area contributed by atoms with E-state index in [-0.39, 0.29) is 0 Å². The third-order valence-electron chi connectivity index (χ3n) is 3.61. The summed E-state index contributed by atoms with van der Waals surface area (Å²) in [4.78, 5) is 6.96. The lowest BCUT2D eigenvalue weighted by molar-refractivity contribution is 0.410. The Morgan fingerprint density at radius 2 is 2.33 bits per heavy atom. The lowest BCUT2D eigenvalue weighted by Gasteiger charge is -2.36. The Labute approximate surface area is 109 Å². The third-order valence-corrected chi connectivity index (χ3v) is 3.61. The molecule has 0 saturated carbocycles. The van der Waals surface area contributed by atoms with Gasteiger partial charge in [-0.2, -0.15) is 0 Å². The summed E-state index contributed by atoms with van der Waals surface area (Å²) in [5.41, 5.74) is 0. The van der Waals surface area contributed by atoms with Crippen LogP contribution in [-0.2, 0) is 0 Å². The number of aromatic nitrogens is 1. The van der Waals surface area contributed by atoms with Crippen molar-refractivity contribution in [2.45, 2.75) is 31.7 Å². The van der Waals surface area contributed by atoms with Crippen molar-refractivity contribution in [1.29, 1.82) is 0 Å². The van der Waals surface area contributed by atoms with Crippen molar-refractivity contribution in [3.8, 4) is 5.75 Å². The standard InChI is InChI=1S/C14H23N3O/c1-15-9-8-12-5-3-4-10-17(12)14-7-6-13(18-2)11-16-14/h6-7,11-12,15H,3-5,8-10H2,1-2H3. The van der Waals surface area contributed by atoms with Crippen LogP contribution >= 0.6 is 0 Å². The van der Waals surface area contributed by atoms with Gasteiger partial charge in [-0.15, -0.1) is 0 Å². The van der Waals surface area contributed by atoms with Gasteiger partial charge >= 0.3 is 0 Å². The van der Waals surface area contributed by atoms with Gasteiger partial charge in [0.15, 0.2) is 0 Å². The van der Waals surface area contributed by atoms with E-state index in [1.165, 1.54) is 25.7 Å². The quantitative estimate of drug-likeness (QED) is 0.866. The summed E-state index contributed by atoms with van der Waals surface area (Å²) in [5, 5.41) is 3.24. The van der Waals surface area contributed by atoms with Gasteiger partial charge in [-0.3, -0.25) is 0 Å². The van der Waals surface area contributed by atoms with E-state index in [0.717, 1.165) is 24.7 Å². The Kier molecular flexibility index (Phi) is 4.81. The molecule has 4 heteroatoms. The fraction of sp³-hybridized carbons (Fsp3) is 0.643. The van der Waals surface area contributed by atoms with Crippen molar-refractivity contribution in [3.63, 3.8) is 0 Å². The number of anilines is 1. The molecule has 1 fully saturated rings. The highest BCUT2D eigenvalue weighted by Crippen LogP contribution is 2.25. The largest absolute Gasteiger partial charge is 0.495 e. The van der Waals surface area contributed by atoms with Crippen LogP contribution in [0.4, 0.5) is 5.82 Å². The molecule has 2 rings (SSSR count). The summed E-state index contributed by atoms with van der Waals surface area (Å²) < 4.78 is 5.16. The van der Waals surface area contributed by atoms with E-state index in [1.807, 2.05) is 13.1 Å². The van der Waals surface area contributed by atoms with Crippen molar-refractivity contribution in [2.24, 2.45) is 0 Å². The maximum atomic E-state index is 5.16. The average Bonchev–Trinajstić information content (AvgIpc) is 2.45. The molecule has 1 aromatic heterocycles. The average molecular weight is 249 g/mol. The van der Waals surface area contributed by atoms with Gasteiger partial charge in [-0.1, -0.05) is 0 Å². The monoisotopic (exact) mass is 249 g/mol. The molecular weight excluding hydrogens is 226 g/mol. The second kappa shape index (κ2) is 6.59. The number of hydrogen-bond acceptors (Lipinski definition) is 4. The van der Waals surface area contributed by atoms with Crippen molar-refractivity contribution >= 4 is 5.82 Å². The van der Waals surface area contributed by atoms with Crippen LogP contribution in [0.25, 0.3) is 0 Å². The van der Waals surface area contributed by atoms with E-state index in [0.29, 0.717) is 6.04 Å². The molecule has 0 spiro atoms. The Morgan fingerprint density at radius 1 is 1.44 bits per heavy atom. The molecule has 1 atom stereocenters. The molecule has 1 aromatic rings. The number of rotatable bonds is 5. The molecule has 1 aliphatic heterocycles. The maximum absolute atomic E-state index is 5.16. The summed E-state index contributed by atoms with van der Waals surface area (Å²) in [6.45, 7) is 2.19. The molecule has 100 valence electrons. The van der Waals surface area contributed by atoms with Crippen LogP contribution in [0.1, 0.15) is 25.7 Å². The minimum atomic E-state index is 0.618. The minimum Gasteiger partial charge on any atom is -0.495 e. The zero-order valence-electron chi connectivity index (χ0n) is 11.4. The first-order valence-corrected chi connectivity index (χ1v) is 6.76. The first-order chi connectivity index (χ1) is 8.85. The molecule has 1 aliphatic rings. The number of pyridine rings is 1. The molecule has 18 heavy (non-hydrogen) atoms. The van der Waals surface area contributed by atoms with Gasteiger partial charge in [0, 0.05) is 12.6 Å². The van der Waals surface area contributed by atoms with Gasteiger partial charge in [0.1, 0.15) is 11.6 Å². The van der Waals surface area contributed by atoms with Crippen molar-refractivity contribution in [3.05, 3.63) is 18.3 Å². The van der Waals surface area contributed by atoms with Crippen molar-refractivity contribution in [2.75, 3.05) is 32.1 Å². The molecule has 0 aromatic carbocycles. The van der Waals surface area contributed by atoms with Crippen molar-refractivity contribution in [1.82, 2.24) is 10.3 Å². The topological polar surface area (TPSA) is 37.4 Å². The Balaban J connectivity index is 2.06. The van der Waals surface area contributed by atoms with E-state index >= 15 is 0 Å². The highest BCUT2D eigenvalue weighted by atomic mass is 16.5. The summed E-state index contributed by atoms with van der Waals surface area (Å²) in [6, 6.07) is 4.68. The first-order valence-electron chi connectivity index (χ1n) is 6.76. The van der Waals surface area contributed by atoms with E-state index in [9.17, 15) is 0 Å². The SMILES string of the molecule is CNCCC1CCCCN1c1ccc(OC)cn1. The Bertz CT molecular complexity index is 353. The fourth-order valence-corrected chi connectivity index (χ4v) is 2.58. The van der Waals surface area contributed by atoms with Gasteiger partial charge in [-0.25, -0.2) is 4.98 Å². The summed E-state index contributed by atoms with van der Waals surface area (Å²) in [6.07, 6.45) is 6.86. The predicted molar refractivity (Wildman–Crippen MR) is 74.3 cm³/mol. The molecule has 4 nitrogen and oxygen atoms in total. The van der Waals surface area contributed by atoms with Crippen LogP contribution in [0.15, 0.2) is 18.3 Å². The van der Waals surface area contributed by atoms with Gasteiger partial charge in [0.05, 0.1) is 13.3 Å². The summed E-state index contributed by atoms with van der Waals surface area (Å²) >= 11 is 0. The predicted octanol–water partition coefficient (Wildman–Crippen LogP) is 2.06. The maximum Gasteiger partial charge on any atom is 0.137 e. The van der Waals surface area contributed by atoms with Gasteiger partial charge in [-0.05, 0) is 51.4 Å². The highest BCUT2D eigenvalue weighted by Gasteiger charge is 2.22. The zero-order chi connectivity index (χ0) is 12.8. The molecule has 1 saturated heterocycles. The molecule has 2 heterocycles. The lowest BCUT2D eigenvalue weighted by atomic mass is 9.99. The van der Waals surface area contributed by atoms with E-state index in [4.69, 9.17) is 4.74 Å². The van der Waals surface area contributed by atoms with Crippen LogP contribution in [0.5, 0.6) is 5.75 Å². The van der Waals surface area contributed by atoms with Crippen molar-refractivity contribution < 1.29 is 4.74 Å². The third kappa shape index (κ3) is 3.13. The first kappa shape index (κ1) is 13.1. The number of piperidine rings is 1. The van der Waals surface area contributed by atoms with Crippen LogP contribution < -0.4 is 15.0 Å². The number of hydrogen-bond donors (Lipinski definition) is 1. The fourth-order valence-electron chi connectivity index (χ4n) is 2.58. The molecule has 1 N–H and O–H groups in total. The second-order valence-electron chi connectivity index (χ2n) is 4.79. The Morgan fingerprint density at radius 3 is 3.00 bits per heavy atom. The van der Waals surface area contributed by atoms with Gasteiger partial charge in [0.25, 0.3) is 0 Å². The normalized spacial score (nSPS) is 19.9. The number of nitrogens with zero attached hydrogens (tertiary/aromatic N) is 2. The number of nitrogens with one attached hydrogen (secondary N) is 1. The highest BCUT2D eigenvalue weighted by molar-refractivity contribution is 5.42. The van der Waals surface area contributed by atoms with Crippen LogP contribution in [0.2, 0.25) is 0 Å². The zero-order valence-corrected chi connectivity index (χ0v) is 11.4. The molecule has 0 radical (unpaired) electrons. The number of ether oxygens (including phenoxy) is 1. The molecule has 0 aliphatic carbocycles. The summed E-state index contributed by atoms with van der Waals surface area (Å²) in [7, 11) is 3.69. The molecule has 0 amide bonds. The number of methoxy groups -OCH3 is 1. The van der Waals surface area contributed by atoms with Crippen LogP contribution in [0.3, 0.4) is 0 Å². The van der Waals surface area contributed by atoms with E-state index in [1.54, 1.807) is 13.3 Å². The summed E-state index contributed by atoms with van der Waals surface area (Å²) in [5.74, 6) is 1.90. The minimum absolute atomic E-state index is 0.618. The van der Waals surface area contributed by atoms with Crippen LogP contribution in [0, 0.1) is 0 Å². The van der Waals surface area contributed by atoms with Crippen LogP contribution in [-0.4, -0.2) is 38.3 Å². The van der Waals surface area contributed by atoms with E-state index < -0.39 is 0 Å². The second-order valence-corrected chi connectivity index (χ2v) is 4.79. The van der Waals surface area contributed by atoms with Gasteiger partial charge < -0.3 is 15.0 Å². The molecular formula is C14H23N3O.